The fourth-order valence-corrected chi connectivity index (χ4v) is 4.69. The van der Waals surface area contributed by atoms with E-state index in [1.807, 2.05) is 35.7 Å². The first-order valence-corrected chi connectivity index (χ1v) is 11.4. The van der Waals surface area contributed by atoms with E-state index in [-0.39, 0.29) is 5.75 Å². The van der Waals surface area contributed by atoms with Gasteiger partial charge in [-0.25, -0.2) is 13.4 Å². The lowest BCUT2D eigenvalue weighted by Gasteiger charge is -2.04. The van der Waals surface area contributed by atoms with E-state index >= 15 is 0 Å². The molecular formula is C18H15IN2O3S2. The van der Waals surface area contributed by atoms with E-state index in [1.165, 1.54) is 11.3 Å². The molecule has 0 radical (unpaired) electrons. The van der Waals surface area contributed by atoms with Crippen molar-refractivity contribution in [3.8, 4) is 11.3 Å². The van der Waals surface area contributed by atoms with E-state index in [9.17, 15) is 13.2 Å². The van der Waals surface area contributed by atoms with Crippen molar-refractivity contribution in [2.45, 2.75) is 5.75 Å². The Morgan fingerprint density at radius 2 is 1.77 bits per heavy atom. The van der Waals surface area contributed by atoms with Gasteiger partial charge in [-0.2, -0.15) is 0 Å². The highest BCUT2D eigenvalue weighted by molar-refractivity contribution is 14.1. The van der Waals surface area contributed by atoms with Crippen LogP contribution in [0.4, 0.5) is 5.13 Å². The number of nitrogens with zero attached hydrogens (tertiary/aromatic N) is 1. The Hall–Kier alpha value is -1.78. The molecule has 0 aliphatic rings. The lowest BCUT2D eigenvalue weighted by Crippen LogP contribution is -2.23. The molecule has 0 saturated heterocycles. The van der Waals surface area contributed by atoms with E-state index in [2.05, 4.69) is 32.9 Å². The topological polar surface area (TPSA) is 76.1 Å². The molecule has 0 fully saturated rings. The molecule has 0 atom stereocenters. The molecule has 1 aromatic heterocycles. The standard InChI is InChI=1S/C18H15IN2O3S2/c19-15-8-6-14(7-9-15)16-10-25-18(20-16)21-17(22)12-26(23,24)11-13-4-2-1-3-5-13/h1-10H,11-12H2,(H,20,21,22). The fourth-order valence-electron chi connectivity index (χ4n) is 2.32. The van der Waals surface area contributed by atoms with Crippen LogP contribution in [0.15, 0.2) is 60.0 Å². The third-order valence-corrected chi connectivity index (χ3v) is 6.42. The molecule has 2 aromatic carbocycles. The van der Waals surface area contributed by atoms with E-state index in [1.54, 1.807) is 24.3 Å². The normalized spacial score (nSPS) is 11.3. The number of carbonyl (C=O) groups excluding carboxylic acids is 1. The number of nitrogens with one attached hydrogen (secondary N) is 1. The summed E-state index contributed by atoms with van der Waals surface area (Å²) < 4.78 is 25.5. The Bertz CT molecular complexity index is 1000. The van der Waals surface area contributed by atoms with Crippen LogP contribution in [0.1, 0.15) is 5.56 Å². The largest absolute Gasteiger partial charge is 0.301 e. The van der Waals surface area contributed by atoms with Crippen molar-refractivity contribution in [3.05, 3.63) is 69.1 Å². The number of anilines is 1. The minimum atomic E-state index is -3.54. The third-order valence-electron chi connectivity index (χ3n) is 3.47. The molecule has 3 rings (SSSR count). The number of hydrogen-bond donors (Lipinski definition) is 1. The van der Waals surface area contributed by atoms with Crippen LogP contribution in [0, 0.1) is 3.57 Å². The fraction of sp³-hybridized carbons (Fsp3) is 0.111. The average Bonchev–Trinajstić information content (AvgIpc) is 3.03. The minimum Gasteiger partial charge on any atom is -0.301 e. The number of aromatic nitrogens is 1. The summed E-state index contributed by atoms with van der Waals surface area (Å²) in [4.78, 5) is 16.4. The zero-order valence-corrected chi connectivity index (χ0v) is 17.3. The summed E-state index contributed by atoms with van der Waals surface area (Å²) in [6.45, 7) is 0. The maximum Gasteiger partial charge on any atom is 0.241 e. The molecule has 1 heterocycles. The van der Waals surface area contributed by atoms with Crippen LogP contribution in [0.3, 0.4) is 0 Å². The second-order valence-corrected chi connectivity index (χ2v) is 9.78. The molecule has 0 aliphatic heterocycles. The predicted molar refractivity (Wildman–Crippen MR) is 113 cm³/mol. The van der Waals surface area contributed by atoms with Gasteiger partial charge >= 0.3 is 0 Å². The Morgan fingerprint density at radius 1 is 1.08 bits per heavy atom. The molecule has 0 saturated carbocycles. The second kappa shape index (κ2) is 8.28. The maximum absolute atomic E-state index is 12.2. The zero-order valence-electron chi connectivity index (χ0n) is 13.6. The highest BCUT2D eigenvalue weighted by atomic mass is 127. The van der Waals surface area contributed by atoms with Crippen molar-refractivity contribution in [3.63, 3.8) is 0 Å². The van der Waals surface area contributed by atoms with E-state index in [0.29, 0.717) is 10.7 Å². The maximum atomic E-state index is 12.2. The van der Waals surface area contributed by atoms with Crippen molar-refractivity contribution in [2.75, 3.05) is 11.1 Å². The number of benzene rings is 2. The number of rotatable bonds is 6. The van der Waals surface area contributed by atoms with Gasteiger partial charge in [-0.05, 0) is 40.3 Å². The van der Waals surface area contributed by atoms with E-state index in [0.717, 1.165) is 14.8 Å². The molecule has 3 aromatic rings. The summed E-state index contributed by atoms with van der Waals surface area (Å²) in [5.74, 6) is -1.31. The Morgan fingerprint density at radius 3 is 2.46 bits per heavy atom. The number of hydrogen-bond acceptors (Lipinski definition) is 5. The molecule has 26 heavy (non-hydrogen) atoms. The van der Waals surface area contributed by atoms with Crippen LogP contribution in [-0.2, 0) is 20.4 Å². The monoisotopic (exact) mass is 498 g/mol. The van der Waals surface area contributed by atoms with Gasteiger partial charge in [0, 0.05) is 14.5 Å². The Kier molecular flexibility index (Phi) is 6.05. The average molecular weight is 498 g/mol. The van der Waals surface area contributed by atoms with Gasteiger partial charge in [-0.1, -0.05) is 42.5 Å². The summed E-state index contributed by atoms with van der Waals surface area (Å²) in [5.41, 5.74) is 2.35. The second-order valence-electron chi connectivity index (χ2n) is 5.61. The SMILES string of the molecule is O=C(CS(=O)(=O)Cc1ccccc1)Nc1nc(-c2ccc(I)cc2)cs1. The van der Waals surface area contributed by atoms with Crippen molar-refractivity contribution >= 4 is 54.8 Å². The van der Waals surface area contributed by atoms with Gasteiger partial charge in [0.15, 0.2) is 15.0 Å². The van der Waals surface area contributed by atoms with Crippen LogP contribution in [0.5, 0.6) is 0 Å². The van der Waals surface area contributed by atoms with Crippen molar-refractivity contribution < 1.29 is 13.2 Å². The van der Waals surface area contributed by atoms with Crippen molar-refractivity contribution in [1.82, 2.24) is 4.98 Å². The first-order chi connectivity index (χ1) is 12.4. The highest BCUT2D eigenvalue weighted by Crippen LogP contribution is 2.25. The lowest BCUT2D eigenvalue weighted by molar-refractivity contribution is -0.113. The zero-order chi connectivity index (χ0) is 18.6. The highest BCUT2D eigenvalue weighted by Gasteiger charge is 2.18. The minimum absolute atomic E-state index is 0.160. The van der Waals surface area contributed by atoms with Gasteiger partial charge in [0.05, 0.1) is 11.4 Å². The molecule has 0 spiro atoms. The van der Waals surface area contributed by atoms with Crippen LogP contribution < -0.4 is 5.32 Å². The molecule has 0 aliphatic carbocycles. The molecular weight excluding hydrogens is 483 g/mol. The number of carbonyl (C=O) groups is 1. The van der Waals surface area contributed by atoms with Gasteiger partial charge in [-0.3, -0.25) is 4.79 Å². The summed E-state index contributed by atoms with van der Waals surface area (Å²) in [6, 6.07) is 16.7. The van der Waals surface area contributed by atoms with Gasteiger partial charge < -0.3 is 5.32 Å². The summed E-state index contributed by atoms with van der Waals surface area (Å²) in [6.07, 6.45) is 0. The van der Waals surface area contributed by atoms with Gasteiger partial charge in [-0.15, -0.1) is 11.3 Å². The Labute approximate surface area is 169 Å². The van der Waals surface area contributed by atoms with Gasteiger partial charge in [0.25, 0.3) is 0 Å². The first kappa shape index (κ1) is 19.0. The smallest absolute Gasteiger partial charge is 0.241 e. The summed E-state index contributed by atoms with van der Waals surface area (Å²) in [7, 11) is -3.54. The third kappa shape index (κ3) is 5.36. The molecule has 8 heteroatoms. The number of halogens is 1. The number of amides is 1. The number of sulfone groups is 1. The van der Waals surface area contributed by atoms with Crippen LogP contribution in [-0.4, -0.2) is 25.1 Å². The molecule has 1 amide bonds. The lowest BCUT2D eigenvalue weighted by atomic mass is 10.2. The molecule has 5 nitrogen and oxygen atoms in total. The molecule has 0 unspecified atom stereocenters. The first-order valence-electron chi connectivity index (χ1n) is 7.67. The van der Waals surface area contributed by atoms with E-state index < -0.39 is 21.5 Å². The van der Waals surface area contributed by atoms with Crippen molar-refractivity contribution in [1.29, 1.82) is 0 Å². The van der Waals surface area contributed by atoms with Gasteiger partial charge in [0.2, 0.25) is 5.91 Å². The molecule has 134 valence electrons. The van der Waals surface area contributed by atoms with Crippen molar-refractivity contribution in [2.24, 2.45) is 0 Å². The molecule has 0 bridgehead atoms. The van der Waals surface area contributed by atoms with Crippen LogP contribution in [0.2, 0.25) is 0 Å². The van der Waals surface area contributed by atoms with E-state index in [4.69, 9.17) is 0 Å². The predicted octanol–water partition coefficient (Wildman–Crippen LogP) is 3.97. The summed E-state index contributed by atoms with van der Waals surface area (Å²) >= 11 is 3.49. The summed E-state index contributed by atoms with van der Waals surface area (Å²) in [5, 5.41) is 4.79. The number of thiazole rings is 1. The van der Waals surface area contributed by atoms with Crippen LogP contribution >= 0.6 is 33.9 Å². The quantitative estimate of drug-likeness (QED) is 0.522. The van der Waals surface area contributed by atoms with Gasteiger partial charge in [0.1, 0.15) is 5.75 Å². The Balaban J connectivity index is 1.62. The molecule has 1 N–H and O–H groups in total. The van der Waals surface area contributed by atoms with Crippen LogP contribution in [0.25, 0.3) is 11.3 Å².